The molecule has 4 aromatic rings. The molecule has 2 heterocycles. The van der Waals surface area contributed by atoms with Crippen molar-refractivity contribution in [2.45, 2.75) is 0 Å². The molecule has 29 heavy (non-hydrogen) atoms. The molecular formula is C20H17N5O4. The summed E-state index contributed by atoms with van der Waals surface area (Å²) >= 11 is 0. The minimum atomic E-state index is -0.333. The second-order valence-corrected chi connectivity index (χ2v) is 6.07. The zero-order chi connectivity index (χ0) is 20.4. The van der Waals surface area contributed by atoms with E-state index in [0.29, 0.717) is 39.5 Å². The van der Waals surface area contributed by atoms with Crippen LogP contribution >= 0.6 is 0 Å². The van der Waals surface area contributed by atoms with E-state index in [1.807, 2.05) is 6.07 Å². The molecule has 0 fully saturated rings. The number of carbonyl (C=O) groups is 1. The van der Waals surface area contributed by atoms with Crippen LogP contribution in [0, 0.1) is 0 Å². The second kappa shape index (κ2) is 7.47. The Bertz CT molecular complexity index is 1260. The molecule has 4 rings (SSSR count). The lowest BCUT2D eigenvalue weighted by Crippen LogP contribution is -2.14. The summed E-state index contributed by atoms with van der Waals surface area (Å²) in [6.45, 7) is 0. The van der Waals surface area contributed by atoms with Crippen LogP contribution in [0.4, 0.5) is 5.69 Å². The number of hydrogen-bond acceptors (Lipinski definition) is 6. The van der Waals surface area contributed by atoms with Crippen molar-refractivity contribution >= 4 is 22.6 Å². The van der Waals surface area contributed by atoms with Gasteiger partial charge >= 0.3 is 0 Å². The quantitative estimate of drug-likeness (QED) is 0.540. The highest BCUT2D eigenvalue weighted by Crippen LogP contribution is 2.28. The maximum Gasteiger partial charge on any atom is 0.261 e. The summed E-state index contributed by atoms with van der Waals surface area (Å²) < 4.78 is 12.0. The van der Waals surface area contributed by atoms with Gasteiger partial charge in [-0.05, 0) is 30.3 Å². The van der Waals surface area contributed by atoms with Crippen LogP contribution < -0.4 is 20.3 Å². The van der Waals surface area contributed by atoms with Crippen LogP contribution in [0.3, 0.4) is 0 Å². The number of hydrogen-bond donors (Lipinski definition) is 2. The Balaban J connectivity index is 1.71. The first-order valence-corrected chi connectivity index (χ1v) is 8.66. The van der Waals surface area contributed by atoms with Gasteiger partial charge in [0.1, 0.15) is 5.39 Å². The summed E-state index contributed by atoms with van der Waals surface area (Å²) in [7, 11) is 3.04. The zero-order valence-corrected chi connectivity index (χ0v) is 15.7. The molecule has 0 unspecified atom stereocenters. The molecule has 9 nitrogen and oxygen atoms in total. The average Bonchev–Trinajstić information content (AvgIpc) is 3.19. The van der Waals surface area contributed by atoms with E-state index in [9.17, 15) is 9.59 Å². The molecule has 0 bridgehead atoms. The van der Waals surface area contributed by atoms with Gasteiger partial charge < -0.3 is 19.8 Å². The van der Waals surface area contributed by atoms with Crippen LogP contribution in [0.2, 0.25) is 0 Å². The van der Waals surface area contributed by atoms with E-state index in [0.717, 1.165) is 0 Å². The Morgan fingerprint density at radius 2 is 1.90 bits per heavy atom. The van der Waals surface area contributed by atoms with Crippen molar-refractivity contribution in [1.82, 2.24) is 19.7 Å². The molecule has 1 amide bonds. The van der Waals surface area contributed by atoms with Gasteiger partial charge in [-0.15, -0.1) is 0 Å². The molecular weight excluding hydrogens is 374 g/mol. The van der Waals surface area contributed by atoms with E-state index in [4.69, 9.17) is 9.47 Å². The molecule has 9 heteroatoms. The van der Waals surface area contributed by atoms with Crippen LogP contribution in [0.5, 0.6) is 11.5 Å². The van der Waals surface area contributed by atoms with Gasteiger partial charge in [0.2, 0.25) is 0 Å². The molecule has 2 aromatic heterocycles. The molecule has 0 aliphatic carbocycles. The number of ether oxygens (including phenoxy) is 2. The highest BCUT2D eigenvalue weighted by atomic mass is 16.5. The average molecular weight is 391 g/mol. The fourth-order valence-corrected chi connectivity index (χ4v) is 2.97. The van der Waals surface area contributed by atoms with Crippen molar-refractivity contribution in [3.8, 4) is 17.2 Å². The maximum atomic E-state index is 12.8. The number of benzene rings is 2. The SMILES string of the molecule is COc1ccc(C(=O)Nc2ccccc2-n2ncc3c(=O)[nH]cnc32)cc1OC. The number of aromatic nitrogens is 4. The summed E-state index contributed by atoms with van der Waals surface area (Å²) in [5.74, 6) is 0.652. The predicted octanol–water partition coefficient (Wildman–Crippen LogP) is 2.38. The van der Waals surface area contributed by atoms with E-state index < -0.39 is 0 Å². The number of nitrogens with one attached hydrogen (secondary N) is 2. The molecule has 146 valence electrons. The largest absolute Gasteiger partial charge is 0.493 e. The summed E-state index contributed by atoms with van der Waals surface area (Å²) in [5, 5.41) is 7.49. The number of rotatable bonds is 5. The van der Waals surface area contributed by atoms with Gasteiger partial charge in [0.05, 0.1) is 38.1 Å². The van der Waals surface area contributed by atoms with Crippen molar-refractivity contribution in [3.05, 3.63) is 70.9 Å². The van der Waals surface area contributed by atoms with Crippen molar-refractivity contribution in [2.24, 2.45) is 0 Å². The molecule has 0 atom stereocenters. The lowest BCUT2D eigenvalue weighted by Gasteiger charge is -2.13. The summed E-state index contributed by atoms with van der Waals surface area (Å²) in [4.78, 5) is 31.5. The van der Waals surface area contributed by atoms with E-state index in [1.54, 1.807) is 36.4 Å². The number of H-pyrrole nitrogens is 1. The summed E-state index contributed by atoms with van der Waals surface area (Å²) in [5.41, 5.74) is 1.60. The lowest BCUT2D eigenvalue weighted by atomic mass is 10.1. The number of carbonyl (C=O) groups excluding carboxylic acids is 1. The molecule has 0 aliphatic rings. The first-order chi connectivity index (χ1) is 14.1. The van der Waals surface area contributed by atoms with E-state index in [2.05, 4.69) is 20.4 Å². The van der Waals surface area contributed by atoms with Crippen LogP contribution in [0.15, 0.2) is 59.8 Å². The fraction of sp³-hybridized carbons (Fsp3) is 0.100. The molecule has 2 aromatic carbocycles. The van der Waals surface area contributed by atoms with Gasteiger partial charge in [0, 0.05) is 5.56 Å². The van der Waals surface area contributed by atoms with Crippen LogP contribution in [0.1, 0.15) is 10.4 Å². The zero-order valence-electron chi connectivity index (χ0n) is 15.7. The van der Waals surface area contributed by atoms with Crippen molar-refractivity contribution < 1.29 is 14.3 Å². The number of nitrogens with zero attached hydrogens (tertiary/aromatic N) is 3. The summed E-state index contributed by atoms with van der Waals surface area (Å²) in [6, 6.07) is 12.0. The van der Waals surface area contributed by atoms with Crippen molar-refractivity contribution in [1.29, 1.82) is 0 Å². The van der Waals surface area contributed by atoms with Crippen molar-refractivity contribution in [2.75, 3.05) is 19.5 Å². The highest BCUT2D eigenvalue weighted by molar-refractivity contribution is 6.05. The van der Waals surface area contributed by atoms with E-state index in [1.165, 1.54) is 31.4 Å². The number of para-hydroxylation sites is 2. The molecule has 0 spiro atoms. The van der Waals surface area contributed by atoms with Crippen molar-refractivity contribution in [3.63, 3.8) is 0 Å². The fourth-order valence-electron chi connectivity index (χ4n) is 2.97. The summed E-state index contributed by atoms with van der Waals surface area (Å²) in [6.07, 6.45) is 2.75. The van der Waals surface area contributed by atoms with Gasteiger partial charge in [0.15, 0.2) is 17.1 Å². The molecule has 0 aliphatic heterocycles. The van der Waals surface area contributed by atoms with Gasteiger partial charge in [0.25, 0.3) is 11.5 Å². The Hall–Kier alpha value is -4.14. The first-order valence-electron chi connectivity index (χ1n) is 8.66. The van der Waals surface area contributed by atoms with Gasteiger partial charge in [-0.25, -0.2) is 9.67 Å². The number of anilines is 1. The maximum absolute atomic E-state index is 12.8. The Morgan fingerprint density at radius 3 is 2.69 bits per heavy atom. The standard InChI is InChI=1S/C20H17N5O4/c1-28-16-8-7-12(9-17(16)29-2)19(26)24-14-5-3-4-6-15(14)25-18-13(10-23-25)20(27)22-11-21-18/h3-11H,1-2H3,(H,24,26)(H,21,22,27). The monoisotopic (exact) mass is 391 g/mol. The van der Waals surface area contributed by atoms with E-state index >= 15 is 0 Å². The Labute approximate surface area is 164 Å². The topological polar surface area (TPSA) is 111 Å². The number of aromatic amines is 1. The van der Waals surface area contributed by atoms with Gasteiger partial charge in [-0.1, -0.05) is 12.1 Å². The minimum Gasteiger partial charge on any atom is -0.493 e. The Kier molecular flexibility index (Phi) is 4.70. The third-order valence-electron chi connectivity index (χ3n) is 4.40. The molecule has 2 N–H and O–H groups in total. The third-order valence-corrected chi connectivity index (χ3v) is 4.40. The van der Waals surface area contributed by atoms with Gasteiger partial charge in [-0.3, -0.25) is 9.59 Å². The van der Waals surface area contributed by atoms with Crippen LogP contribution in [0.25, 0.3) is 16.7 Å². The minimum absolute atomic E-state index is 0.284. The smallest absolute Gasteiger partial charge is 0.261 e. The third kappa shape index (κ3) is 3.29. The molecule has 0 saturated carbocycles. The highest BCUT2D eigenvalue weighted by Gasteiger charge is 2.16. The lowest BCUT2D eigenvalue weighted by molar-refractivity contribution is 0.102. The molecule has 0 radical (unpaired) electrons. The number of fused-ring (bicyclic) bond motifs is 1. The first kappa shape index (κ1) is 18.2. The second-order valence-electron chi connectivity index (χ2n) is 6.07. The normalized spacial score (nSPS) is 10.7. The Morgan fingerprint density at radius 1 is 1.10 bits per heavy atom. The van der Waals surface area contributed by atoms with Crippen LogP contribution in [-0.4, -0.2) is 39.9 Å². The number of methoxy groups -OCH3 is 2. The number of amides is 1. The predicted molar refractivity (Wildman–Crippen MR) is 107 cm³/mol. The van der Waals surface area contributed by atoms with E-state index in [-0.39, 0.29) is 11.5 Å². The molecule has 0 saturated heterocycles. The van der Waals surface area contributed by atoms with Crippen LogP contribution in [-0.2, 0) is 0 Å². The van der Waals surface area contributed by atoms with Gasteiger partial charge in [-0.2, -0.15) is 5.10 Å².